The molecule has 0 saturated carbocycles. The number of primary amides is 1. The lowest BCUT2D eigenvalue weighted by Gasteiger charge is -2.16. The van der Waals surface area contributed by atoms with Crippen LogP contribution in [0.15, 0.2) is 0 Å². The molecule has 152 valence electrons. The van der Waals surface area contributed by atoms with E-state index in [-0.39, 0.29) is 51.5 Å². The predicted octanol–water partition coefficient (Wildman–Crippen LogP) is -2.30. The summed E-state index contributed by atoms with van der Waals surface area (Å²) in [5, 5.41) is 24.7. The largest absolute Gasteiger partial charge is 0.480 e. The van der Waals surface area contributed by atoms with Gasteiger partial charge < -0.3 is 31.9 Å². The van der Waals surface area contributed by atoms with Gasteiger partial charge in [0.25, 0.3) is 0 Å². The summed E-state index contributed by atoms with van der Waals surface area (Å²) < 4.78 is 0. The molecule has 7 N–H and O–H groups in total. The third-order valence-corrected chi connectivity index (χ3v) is 3.45. The van der Waals surface area contributed by atoms with E-state index in [9.17, 15) is 28.8 Å². The topological polar surface area (TPSA) is 205 Å². The molecule has 12 nitrogen and oxygen atoms in total. The number of amides is 4. The minimum Gasteiger partial charge on any atom is -0.480 e. The Morgan fingerprint density at radius 2 is 1.52 bits per heavy atom. The van der Waals surface area contributed by atoms with Crippen LogP contribution < -0.4 is 21.7 Å². The van der Waals surface area contributed by atoms with Crippen molar-refractivity contribution >= 4 is 36.1 Å². The lowest BCUT2D eigenvalue weighted by molar-refractivity contribution is -0.143. The smallest absolute Gasteiger partial charge is 0.326 e. The van der Waals surface area contributed by atoms with Crippen LogP contribution in [0.25, 0.3) is 0 Å². The van der Waals surface area contributed by atoms with Crippen molar-refractivity contribution in [2.75, 3.05) is 6.54 Å². The first-order chi connectivity index (χ1) is 12.7. The summed E-state index contributed by atoms with van der Waals surface area (Å²) in [7, 11) is 0. The molecule has 0 aromatic rings. The van der Waals surface area contributed by atoms with Gasteiger partial charge in [0.1, 0.15) is 12.1 Å². The van der Waals surface area contributed by atoms with Crippen LogP contribution in [0.3, 0.4) is 0 Å². The minimum atomic E-state index is -1.31. The quantitative estimate of drug-likeness (QED) is 0.132. The summed E-state index contributed by atoms with van der Waals surface area (Å²) in [5.41, 5.74) is 4.91. The van der Waals surface area contributed by atoms with E-state index in [4.69, 9.17) is 15.9 Å². The van der Waals surface area contributed by atoms with Crippen LogP contribution in [0.1, 0.15) is 38.5 Å². The van der Waals surface area contributed by atoms with E-state index >= 15 is 0 Å². The molecule has 0 aliphatic carbocycles. The van der Waals surface area contributed by atoms with Crippen LogP contribution in [-0.4, -0.2) is 64.9 Å². The van der Waals surface area contributed by atoms with Gasteiger partial charge in [0.05, 0.1) is 0 Å². The summed E-state index contributed by atoms with van der Waals surface area (Å²) in [6, 6.07) is -2.45. The predicted molar refractivity (Wildman–Crippen MR) is 90.1 cm³/mol. The van der Waals surface area contributed by atoms with Crippen molar-refractivity contribution in [3.63, 3.8) is 0 Å². The van der Waals surface area contributed by atoms with Gasteiger partial charge in [-0.05, 0) is 19.3 Å². The molecular weight excluding hydrogens is 364 g/mol. The molecule has 0 aromatic carbocycles. The average molecular weight is 388 g/mol. The summed E-state index contributed by atoms with van der Waals surface area (Å²) >= 11 is 0. The third kappa shape index (κ3) is 11.9. The van der Waals surface area contributed by atoms with Crippen molar-refractivity contribution < 1.29 is 39.0 Å². The summed E-state index contributed by atoms with van der Waals surface area (Å²) in [5.74, 6) is -4.26. The maximum absolute atomic E-state index is 11.8. The highest BCUT2D eigenvalue weighted by molar-refractivity contribution is 5.84. The molecule has 2 atom stereocenters. The first kappa shape index (κ1) is 23.8. The number of carboxylic acids is 2. The number of nitrogens with two attached hydrogens (primary N) is 1. The Bertz CT molecular complexity index is 566. The van der Waals surface area contributed by atoms with Crippen LogP contribution in [0.4, 0.5) is 0 Å². The van der Waals surface area contributed by atoms with Gasteiger partial charge in [-0.2, -0.15) is 0 Å². The molecule has 0 aromatic heterocycles. The van der Waals surface area contributed by atoms with E-state index < -0.39 is 41.7 Å². The Labute approximate surface area is 154 Å². The zero-order chi connectivity index (χ0) is 20.8. The molecule has 0 aliphatic rings. The van der Waals surface area contributed by atoms with E-state index in [2.05, 4.69) is 10.6 Å². The number of carboxylic acid groups (broad SMARTS) is 2. The number of nitrogens with one attached hydrogen (secondary N) is 3. The minimum absolute atomic E-state index is 0.0338. The Hall–Kier alpha value is -3.18. The second kappa shape index (κ2) is 13.1. The van der Waals surface area contributed by atoms with E-state index in [1.54, 1.807) is 0 Å². The Morgan fingerprint density at radius 3 is 2.04 bits per heavy atom. The lowest BCUT2D eigenvalue weighted by Crippen LogP contribution is -2.42. The first-order valence-electron chi connectivity index (χ1n) is 8.17. The average Bonchev–Trinajstić information content (AvgIpc) is 2.58. The van der Waals surface area contributed by atoms with Gasteiger partial charge in [-0.1, -0.05) is 0 Å². The third-order valence-electron chi connectivity index (χ3n) is 3.45. The molecule has 1 unspecified atom stereocenters. The highest BCUT2D eigenvalue weighted by atomic mass is 16.4. The van der Waals surface area contributed by atoms with Crippen LogP contribution in [-0.2, 0) is 28.8 Å². The highest BCUT2D eigenvalue weighted by Crippen LogP contribution is 2.02. The fourth-order valence-electron chi connectivity index (χ4n) is 2.02. The van der Waals surface area contributed by atoms with Crippen LogP contribution in [0.2, 0.25) is 0 Å². The van der Waals surface area contributed by atoms with Crippen molar-refractivity contribution in [3.8, 4) is 0 Å². The van der Waals surface area contributed by atoms with Gasteiger partial charge in [-0.3, -0.25) is 19.2 Å². The maximum Gasteiger partial charge on any atom is 0.326 e. The fraction of sp³-hybridized carbons (Fsp3) is 0.600. The van der Waals surface area contributed by atoms with Gasteiger partial charge in [-0.25, -0.2) is 9.59 Å². The van der Waals surface area contributed by atoms with Crippen molar-refractivity contribution in [2.45, 2.75) is 50.6 Å². The molecule has 0 saturated heterocycles. The highest BCUT2D eigenvalue weighted by Gasteiger charge is 2.22. The number of hydrogen-bond acceptors (Lipinski definition) is 6. The van der Waals surface area contributed by atoms with E-state index in [0.717, 1.165) is 0 Å². The molecule has 12 heteroatoms. The molecule has 0 heterocycles. The Kier molecular flexibility index (Phi) is 11.5. The molecule has 0 radical (unpaired) electrons. The molecule has 27 heavy (non-hydrogen) atoms. The second-order valence-electron chi connectivity index (χ2n) is 5.63. The van der Waals surface area contributed by atoms with Crippen molar-refractivity contribution in [1.29, 1.82) is 0 Å². The monoisotopic (exact) mass is 388 g/mol. The molecule has 0 fully saturated rings. The van der Waals surface area contributed by atoms with E-state index in [1.807, 2.05) is 5.32 Å². The maximum atomic E-state index is 11.8. The summed E-state index contributed by atoms with van der Waals surface area (Å²) in [4.78, 5) is 66.0. The van der Waals surface area contributed by atoms with Crippen LogP contribution in [0, 0.1) is 0 Å². The zero-order valence-corrected chi connectivity index (χ0v) is 14.6. The van der Waals surface area contributed by atoms with Gasteiger partial charge in [-0.15, -0.1) is 0 Å². The lowest BCUT2D eigenvalue weighted by atomic mass is 10.1. The fourth-order valence-corrected chi connectivity index (χ4v) is 2.02. The zero-order valence-electron chi connectivity index (χ0n) is 14.6. The van der Waals surface area contributed by atoms with E-state index in [1.165, 1.54) is 0 Å². The summed E-state index contributed by atoms with van der Waals surface area (Å²) in [6.07, 6.45) is -0.137. The number of carbonyl (C=O) groups excluding carboxylic acids is 4. The number of aliphatic carboxylic acids is 2. The molecule has 4 amide bonds. The molecule has 0 aliphatic heterocycles. The summed E-state index contributed by atoms with van der Waals surface area (Å²) in [6.45, 7) is 0.154. The SMILES string of the molecule is NC(=O)CCC(=O)NCCCC(NC(=O)CC[C@H](NC=O)C(=O)O)C(=O)O. The van der Waals surface area contributed by atoms with Crippen molar-refractivity contribution in [1.82, 2.24) is 16.0 Å². The molecular formula is C15H24N4O8. The molecule has 0 bridgehead atoms. The van der Waals surface area contributed by atoms with Gasteiger partial charge in [0.2, 0.25) is 24.1 Å². The second-order valence-corrected chi connectivity index (χ2v) is 5.63. The molecule has 0 spiro atoms. The van der Waals surface area contributed by atoms with Gasteiger partial charge in [0.15, 0.2) is 0 Å². The normalized spacial score (nSPS) is 12.3. The Morgan fingerprint density at radius 1 is 0.889 bits per heavy atom. The standard InChI is InChI=1S/C15H24N4O8/c16-11(21)4-6-12(22)17-7-1-2-10(15(26)27)19-13(23)5-3-9(14(24)25)18-8-20/h8-10H,1-7H2,(H2,16,21)(H,17,22)(H,18,20)(H,19,23)(H,24,25)(H,26,27)/t9-,10?/m0/s1. The van der Waals surface area contributed by atoms with Crippen molar-refractivity contribution in [2.24, 2.45) is 5.73 Å². The Balaban J connectivity index is 4.25. The van der Waals surface area contributed by atoms with E-state index in [0.29, 0.717) is 0 Å². The number of hydrogen-bond donors (Lipinski definition) is 6. The van der Waals surface area contributed by atoms with Gasteiger partial charge >= 0.3 is 11.9 Å². The number of carbonyl (C=O) groups is 6. The van der Waals surface area contributed by atoms with Crippen LogP contribution in [0.5, 0.6) is 0 Å². The first-order valence-corrected chi connectivity index (χ1v) is 8.17. The number of rotatable bonds is 15. The molecule has 0 rings (SSSR count). The van der Waals surface area contributed by atoms with Gasteiger partial charge in [0, 0.05) is 25.8 Å². The van der Waals surface area contributed by atoms with Crippen molar-refractivity contribution in [3.05, 3.63) is 0 Å². The van der Waals surface area contributed by atoms with Crippen LogP contribution >= 0.6 is 0 Å².